The van der Waals surface area contributed by atoms with Gasteiger partial charge in [-0.15, -0.1) is 5.10 Å². The zero-order chi connectivity index (χ0) is 26.4. The number of hydrogen-bond acceptors (Lipinski definition) is 7. The van der Waals surface area contributed by atoms with Crippen LogP contribution >= 0.6 is 0 Å². The monoisotopic (exact) mass is 504 g/mol. The Morgan fingerprint density at radius 1 is 1.11 bits per heavy atom. The van der Waals surface area contributed by atoms with Crippen LogP contribution in [0.5, 0.6) is 0 Å². The molecule has 4 heterocycles. The van der Waals surface area contributed by atoms with Gasteiger partial charge < -0.3 is 15.0 Å². The van der Waals surface area contributed by atoms with Crippen LogP contribution in [0, 0.1) is 12.3 Å². The van der Waals surface area contributed by atoms with E-state index >= 15 is 0 Å². The van der Waals surface area contributed by atoms with Crippen molar-refractivity contribution in [1.82, 2.24) is 19.6 Å². The van der Waals surface area contributed by atoms with E-state index in [-0.39, 0.29) is 23.0 Å². The molecule has 9 nitrogen and oxygen atoms in total. The van der Waals surface area contributed by atoms with Gasteiger partial charge in [0.05, 0.1) is 30.0 Å². The Hall–Kier alpha value is -3.54. The van der Waals surface area contributed by atoms with E-state index < -0.39 is 23.1 Å². The van der Waals surface area contributed by atoms with E-state index in [0.29, 0.717) is 48.9 Å². The molecular formula is C24H27F3N6O3. The summed E-state index contributed by atoms with van der Waals surface area (Å²) in [7, 11) is 0. The lowest BCUT2D eigenvalue weighted by Crippen LogP contribution is -2.37. The molecule has 0 saturated carbocycles. The van der Waals surface area contributed by atoms with Crippen LogP contribution in [0.1, 0.15) is 49.3 Å². The van der Waals surface area contributed by atoms with Crippen LogP contribution in [0.4, 0.5) is 24.8 Å². The number of alkyl halides is 3. The molecule has 1 amide bonds. The number of ketones is 1. The Morgan fingerprint density at radius 2 is 1.78 bits per heavy atom. The van der Waals surface area contributed by atoms with Gasteiger partial charge in [-0.2, -0.15) is 13.2 Å². The number of Topliss-reactive ketones (excluding diaryl/α,β-unsaturated/α-hetero) is 1. The van der Waals surface area contributed by atoms with Gasteiger partial charge in [-0.25, -0.2) is 14.5 Å². The molecule has 1 N–H and O–H groups in total. The number of carbonyl (C=O) groups excluding carboxylic acids is 2. The zero-order valence-electron chi connectivity index (χ0n) is 20.7. The molecule has 36 heavy (non-hydrogen) atoms. The highest BCUT2D eigenvalue weighted by molar-refractivity contribution is 5.98. The van der Waals surface area contributed by atoms with Crippen LogP contribution in [0.3, 0.4) is 0 Å². The van der Waals surface area contributed by atoms with Crippen molar-refractivity contribution in [2.75, 3.05) is 36.5 Å². The molecule has 1 fully saturated rings. The molecular weight excluding hydrogens is 477 g/mol. The second-order valence-corrected chi connectivity index (χ2v) is 9.67. The number of amides is 1. The van der Waals surface area contributed by atoms with Crippen molar-refractivity contribution in [3.05, 3.63) is 35.2 Å². The molecule has 192 valence electrons. The number of fused-ring (bicyclic) bond motifs is 1. The fourth-order valence-corrected chi connectivity index (χ4v) is 3.88. The summed E-state index contributed by atoms with van der Waals surface area (Å²) in [6.45, 7) is 9.86. The summed E-state index contributed by atoms with van der Waals surface area (Å²) < 4.78 is 49.4. The summed E-state index contributed by atoms with van der Waals surface area (Å²) in [5.41, 5.74) is -0.786. The lowest BCUT2D eigenvalue weighted by molar-refractivity contribution is -0.137. The first-order valence-electron chi connectivity index (χ1n) is 11.4. The Kier molecular flexibility index (Phi) is 6.50. The molecule has 1 aliphatic rings. The molecule has 3 aromatic heterocycles. The van der Waals surface area contributed by atoms with Crippen molar-refractivity contribution in [2.45, 2.75) is 40.8 Å². The second-order valence-electron chi connectivity index (χ2n) is 9.67. The summed E-state index contributed by atoms with van der Waals surface area (Å²) in [6, 6.07) is 2.44. The molecule has 0 radical (unpaired) electrons. The Labute approximate surface area is 205 Å². The van der Waals surface area contributed by atoms with E-state index in [9.17, 15) is 22.8 Å². The third kappa shape index (κ3) is 4.90. The number of aromatic nitrogens is 4. The van der Waals surface area contributed by atoms with Crippen molar-refractivity contribution in [1.29, 1.82) is 0 Å². The molecule has 0 bridgehead atoms. The van der Waals surface area contributed by atoms with Crippen LogP contribution < -0.4 is 10.2 Å². The molecule has 1 saturated heterocycles. The molecule has 1 aliphatic heterocycles. The van der Waals surface area contributed by atoms with Crippen molar-refractivity contribution in [3.63, 3.8) is 0 Å². The number of morpholine rings is 1. The molecule has 12 heteroatoms. The van der Waals surface area contributed by atoms with Gasteiger partial charge in [0, 0.05) is 30.3 Å². The fraction of sp³-hybridized carbons (Fsp3) is 0.458. The highest BCUT2D eigenvalue weighted by Gasteiger charge is 2.36. The van der Waals surface area contributed by atoms with Crippen molar-refractivity contribution < 1.29 is 27.5 Å². The maximum Gasteiger partial charge on any atom is 0.417 e. The minimum absolute atomic E-state index is 0.191. The van der Waals surface area contributed by atoms with Crippen molar-refractivity contribution in [3.8, 4) is 11.4 Å². The van der Waals surface area contributed by atoms with Gasteiger partial charge >= 0.3 is 6.18 Å². The Balaban J connectivity index is 1.91. The predicted octanol–water partition coefficient (Wildman–Crippen LogP) is 4.14. The molecule has 0 spiro atoms. The number of ether oxygens (including phenoxy) is 1. The fourth-order valence-electron chi connectivity index (χ4n) is 3.88. The van der Waals surface area contributed by atoms with Crippen molar-refractivity contribution >= 4 is 28.8 Å². The number of pyridine rings is 1. The quantitative estimate of drug-likeness (QED) is 0.533. The summed E-state index contributed by atoms with van der Waals surface area (Å²) in [4.78, 5) is 34.9. The number of nitrogens with zero attached hydrogens (tertiary/aromatic N) is 5. The van der Waals surface area contributed by atoms with Crippen LogP contribution in [-0.4, -0.2) is 57.6 Å². The zero-order valence-corrected chi connectivity index (χ0v) is 20.7. The third-order valence-electron chi connectivity index (χ3n) is 5.92. The first-order chi connectivity index (χ1) is 16.8. The number of hydrogen-bond donors (Lipinski definition) is 1. The normalized spacial score (nSPS) is 14.8. The Bertz CT molecular complexity index is 1340. The van der Waals surface area contributed by atoms with E-state index in [2.05, 4.69) is 20.4 Å². The molecule has 4 rings (SSSR count). The van der Waals surface area contributed by atoms with Gasteiger partial charge in [-0.3, -0.25) is 9.59 Å². The highest BCUT2D eigenvalue weighted by Crippen LogP contribution is 2.38. The molecule has 0 atom stereocenters. The summed E-state index contributed by atoms with van der Waals surface area (Å²) in [5.74, 6) is -0.688. The minimum atomic E-state index is -4.77. The second kappa shape index (κ2) is 9.16. The Morgan fingerprint density at radius 3 is 2.36 bits per heavy atom. The topological polar surface area (TPSA) is 102 Å². The van der Waals surface area contributed by atoms with E-state index in [1.165, 1.54) is 11.4 Å². The van der Waals surface area contributed by atoms with Crippen molar-refractivity contribution in [2.24, 2.45) is 5.41 Å². The molecule has 0 aliphatic carbocycles. The highest BCUT2D eigenvalue weighted by atomic mass is 19.4. The molecule has 3 aromatic rings. The number of nitrogens with one attached hydrogen (secondary N) is 1. The van der Waals surface area contributed by atoms with E-state index in [4.69, 9.17) is 4.74 Å². The van der Waals surface area contributed by atoms with Crippen LogP contribution in [0.25, 0.3) is 16.9 Å². The van der Waals surface area contributed by atoms with E-state index in [0.717, 1.165) is 12.3 Å². The van der Waals surface area contributed by atoms with Gasteiger partial charge in [0.2, 0.25) is 5.91 Å². The number of carbonyl (C=O) groups is 2. The number of halogens is 3. The summed E-state index contributed by atoms with van der Waals surface area (Å²) >= 11 is 0. The van der Waals surface area contributed by atoms with E-state index in [1.54, 1.807) is 33.8 Å². The number of aryl methyl sites for hydroxylation is 1. The third-order valence-corrected chi connectivity index (χ3v) is 5.92. The lowest BCUT2D eigenvalue weighted by Gasteiger charge is -2.28. The van der Waals surface area contributed by atoms with Gasteiger partial charge in [-0.1, -0.05) is 20.8 Å². The average Bonchev–Trinajstić information content (AvgIpc) is 3.14. The van der Waals surface area contributed by atoms with Crippen LogP contribution in [0.2, 0.25) is 0 Å². The first kappa shape index (κ1) is 25.5. The minimum Gasteiger partial charge on any atom is -0.378 e. The maximum absolute atomic E-state index is 14.2. The lowest BCUT2D eigenvalue weighted by atomic mass is 9.96. The largest absolute Gasteiger partial charge is 0.417 e. The number of anilines is 2. The van der Waals surface area contributed by atoms with Crippen LogP contribution in [0.15, 0.2) is 18.3 Å². The predicted molar refractivity (Wildman–Crippen MR) is 127 cm³/mol. The van der Waals surface area contributed by atoms with Gasteiger partial charge in [0.25, 0.3) is 0 Å². The standard InChI is InChI=1S/C24H27F3N6O3/c1-13-15(14(2)34)10-18-21(32-6-8-36-9-7-32)30-20(31-33(13)18)16-12-28-19(11-17(16)24(25,26)27)29-22(35)23(3,4)5/h10-12H,6-9H2,1-5H3,(H,28,29,35). The van der Waals surface area contributed by atoms with Gasteiger partial charge in [-0.05, 0) is 26.0 Å². The summed E-state index contributed by atoms with van der Waals surface area (Å²) in [6.07, 6.45) is -3.76. The van der Waals surface area contributed by atoms with Gasteiger partial charge in [0.1, 0.15) is 11.3 Å². The average molecular weight is 505 g/mol. The molecule has 0 aromatic carbocycles. The maximum atomic E-state index is 14.2. The summed E-state index contributed by atoms with van der Waals surface area (Å²) in [5, 5.41) is 6.81. The first-order valence-corrected chi connectivity index (χ1v) is 11.4. The number of rotatable bonds is 4. The van der Waals surface area contributed by atoms with Crippen LogP contribution in [-0.2, 0) is 15.7 Å². The molecule has 0 unspecified atom stereocenters. The SMILES string of the molecule is CC(=O)c1cc2c(N3CCOCC3)nc(-c3cnc(NC(=O)C(C)(C)C)cc3C(F)(F)F)nn2c1C. The van der Waals surface area contributed by atoms with Gasteiger partial charge in [0.15, 0.2) is 17.4 Å². The smallest absolute Gasteiger partial charge is 0.378 e. The van der Waals surface area contributed by atoms with E-state index in [1.807, 2.05) is 4.90 Å².